The number of thiophene rings is 1. The van der Waals surface area contributed by atoms with Crippen LogP contribution in [-0.2, 0) is 0 Å². The van der Waals surface area contributed by atoms with Crippen molar-refractivity contribution >= 4 is 50.7 Å². The van der Waals surface area contributed by atoms with Gasteiger partial charge in [-0.15, -0.1) is 11.3 Å². The zero-order chi connectivity index (χ0) is 15.6. The Morgan fingerprint density at radius 2 is 1.71 bits per heavy atom. The minimum atomic E-state index is -1.21. The fourth-order valence-corrected chi connectivity index (χ4v) is 2.89. The van der Waals surface area contributed by atoms with Gasteiger partial charge in [-0.1, -0.05) is 11.6 Å². The lowest BCUT2D eigenvalue weighted by atomic mass is 10.2. The number of nitrogens with one attached hydrogen (secondary N) is 2. The van der Waals surface area contributed by atoms with Crippen LogP contribution in [0.5, 0.6) is 0 Å². The van der Waals surface area contributed by atoms with Crippen molar-refractivity contribution < 1.29 is 18.4 Å². The maximum atomic E-state index is 13.1. The quantitative estimate of drug-likeness (QED) is 0.604. The third-order valence-corrected chi connectivity index (χ3v) is 4.28. The van der Waals surface area contributed by atoms with Gasteiger partial charge in [-0.3, -0.25) is 20.4 Å². The molecular weight excluding hydrogens is 390 g/mol. The van der Waals surface area contributed by atoms with Crippen LogP contribution in [0, 0.1) is 11.6 Å². The molecular formula is C12H6BrClF2N2O2S. The molecule has 110 valence electrons. The van der Waals surface area contributed by atoms with E-state index >= 15 is 0 Å². The molecule has 1 aromatic heterocycles. The van der Waals surface area contributed by atoms with Crippen molar-refractivity contribution in [3.8, 4) is 0 Å². The fraction of sp³-hybridized carbons (Fsp3) is 0. The van der Waals surface area contributed by atoms with Gasteiger partial charge in [0.15, 0.2) is 11.6 Å². The highest BCUT2D eigenvalue weighted by molar-refractivity contribution is 9.11. The summed E-state index contributed by atoms with van der Waals surface area (Å²) in [6.45, 7) is 0. The lowest BCUT2D eigenvalue weighted by Gasteiger charge is -2.08. The Labute approximate surface area is 135 Å². The predicted octanol–water partition coefficient (Wildman–Crippen LogP) is 3.52. The van der Waals surface area contributed by atoms with E-state index in [4.69, 9.17) is 11.6 Å². The van der Waals surface area contributed by atoms with Crippen LogP contribution in [-0.4, -0.2) is 11.8 Å². The van der Waals surface area contributed by atoms with E-state index in [0.29, 0.717) is 17.0 Å². The van der Waals surface area contributed by atoms with E-state index < -0.39 is 23.4 Å². The van der Waals surface area contributed by atoms with Crippen LogP contribution in [0.25, 0.3) is 0 Å². The largest absolute Gasteiger partial charge is 0.279 e. The summed E-state index contributed by atoms with van der Waals surface area (Å²) in [5.74, 6) is -3.78. The predicted molar refractivity (Wildman–Crippen MR) is 78.3 cm³/mol. The minimum Gasteiger partial charge on any atom is -0.267 e. The molecule has 0 aliphatic carbocycles. The SMILES string of the molecule is O=C(NNC(=O)c1cc(F)c(F)cc1Cl)c1ccc(Br)s1. The molecule has 0 radical (unpaired) electrons. The standard InChI is InChI=1S/C12H6BrClF2N2O2S/c13-10-2-1-9(21-10)12(20)18-17-11(19)5-3-7(15)8(16)4-6(5)14/h1-4H,(H,17,19)(H,18,20). The topological polar surface area (TPSA) is 58.2 Å². The van der Waals surface area contributed by atoms with Crippen LogP contribution in [0.2, 0.25) is 5.02 Å². The Kier molecular flexibility index (Phi) is 4.92. The van der Waals surface area contributed by atoms with E-state index in [1.807, 2.05) is 0 Å². The molecule has 0 bridgehead atoms. The maximum Gasteiger partial charge on any atom is 0.279 e. The van der Waals surface area contributed by atoms with Crippen molar-refractivity contribution in [1.29, 1.82) is 0 Å². The Balaban J connectivity index is 2.05. The molecule has 0 unspecified atom stereocenters. The second-order valence-electron chi connectivity index (χ2n) is 3.76. The van der Waals surface area contributed by atoms with Gasteiger partial charge < -0.3 is 0 Å². The van der Waals surface area contributed by atoms with Crippen LogP contribution < -0.4 is 10.9 Å². The molecule has 21 heavy (non-hydrogen) atoms. The van der Waals surface area contributed by atoms with Crippen molar-refractivity contribution in [3.63, 3.8) is 0 Å². The van der Waals surface area contributed by atoms with Crippen LogP contribution >= 0.6 is 38.9 Å². The molecule has 2 amide bonds. The third kappa shape index (κ3) is 3.78. The molecule has 1 heterocycles. The van der Waals surface area contributed by atoms with Gasteiger partial charge in [-0.2, -0.15) is 0 Å². The number of carbonyl (C=O) groups excluding carboxylic acids is 2. The molecule has 9 heteroatoms. The molecule has 2 rings (SSSR count). The van der Waals surface area contributed by atoms with Gasteiger partial charge in [0.05, 0.1) is 19.2 Å². The molecule has 0 saturated carbocycles. The number of hydrogen-bond acceptors (Lipinski definition) is 3. The Morgan fingerprint density at radius 1 is 1.10 bits per heavy atom. The molecule has 1 aromatic carbocycles. The zero-order valence-corrected chi connectivity index (χ0v) is 13.2. The smallest absolute Gasteiger partial charge is 0.267 e. The number of carbonyl (C=O) groups is 2. The van der Waals surface area contributed by atoms with Gasteiger partial charge in [-0.05, 0) is 40.2 Å². The summed E-state index contributed by atoms with van der Waals surface area (Å²) >= 11 is 10.0. The second-order valence-corrected chi connectivity index (χ2v) is 6.63. The van der Waals surface area contributed by atoms with E-state index in [1.54, 1.807) is 12.1 Å². The van der Waals surface area contributed by atoms with E-state index in [0.717, 1.165) is 3.79 Å². The van der Waals surface area contributed by atoms with Gasteiger partial charge in [0, 0.05) is 0 Å². The van der Waals surface area contributed by atoms with Crippen LogP contribution in [0.3, 0.4) is 0 Å². The van der Waals surface area contributed by atoms with E-state index in [1.165, 1.54) is 11.3 Å². The molecule has 0 spiro atoms. The van der Waals surface area contributed by atoms with Crippen molar-refractivity contribution in [2.75, 3.05) is 0 Å². The molecule has 2 aromatic rings. The Bertz CT molecular complexity index is 723. The van der Waals surface area contributed by atoms with Gasteiger partial charge in [0.1, 0.15) is 0 Å². The maximum absolute atomic E-state index is 13.1. The first-order valence-electron chi connectivity index (χ1n) is 5.39. The Hall–Kier alpha value is -1.51. The summed E-state index contributed by atoms with van der Waals surface area (Å²) in [4.78, 5) is 23.8. The van der Waals surface area contributed by atoms with Crippen LogP contribution in [0.4, 0.5) is 8.78 Å². The van der Waals surface area contributed by atoms with Gasteiger partial charge in [-0.25, -0.2) is 8.78 Å². The highest BCUT2D eigenvalue weighted by Crippen LogP contribution is 2.22. The Morgan fingerprint density at radius 3 is 2.33 bits per heavy atom. The van der Waals surface area contributed by atoms with E-state index in [2.05, 4.69) is 26.8 Å². The number of benzene rings is 1. The minimum absolute atomic E-state index is 0.264. The first-order chi connectivity index (χ1) is 9.88. The second kappa shape index (κ2) is 6.50. The molecule has 2 N–H and O–H groups in total. The summed E-state index contributed by atoms with van der Waals surface area (Å²) in [5.41, 5.74) is 3.93. The summed E-state index contributed by atoms with van der Waals surface area (Å²) in [6.07, 6.45) is 0. The normalized spacial score (nSPS) is 10.3. The van der Waals surface area contributed by atoms with Crippen molar-refractivity contribution in [2.24, 2.45) is 0 Å². The molecule has 0 fully saturated rings. The van der Waals surface area contributed by atoms with Crippen LogP contribution in [0.15, 0.2) is 28.1 Å². The lowest BCUT2D eigenvalue weighted by Crippen LogP contribution is -2.41. The summed E-state index contributed by atoms with van der Waals surface area (Å²) in [5, 5.41) is -0.264. The molecule has 0 atom stereocenters. The van der Waals surface area contributed by atoms with Gasteiger partial charge >= 0.3 is 0 Å². The van der Waals surface area contributed by atoms with Crippen molar-refractivity contribution in [2.45, 2.75) is 0 Å². The third-order valence-electron chi connectivity index (χ3n) is 2.34. The average molecular weight is 396 g/mol. The lowest BCUT2D eigenvalue weighted by molar-refractivity contribution is 0.0848. The summed E-state index contributed by atoms with van der Waals surface area (Å²) in [7, 11) is 0. The van der Waals surface area contributed by atoms with Crippen molar-refractivity contribution in [1.82, 2.24) is 10.9 Å². The molecule has 4 nitrogen and oxygen atoms in total. The van der Waals surface area contributed by atoms with Gasteiger partial charge in [0.25, 0.3) is 11.8 Å². The van der Waals surface area contributed by atoms with E-state index in [-0.39, 0.29) is 10.6 Å². The molecule has 0 saturated heterocycles. The molecule has 0 aliphatic heterocycles. The summed E-state index contributed by atoms with van der Waals surface area (Å²) < 4.78 is 26.7. The number of rotatable bonds is 2. The first kappa shape index (κ1) is 15.9. The van der Waals surface area contributed by atoms with E-state index in [9.17, 15) is 18.4 Å². The number of hydrazine groups is 1. The average Bonchev–Trinajstić information content (AvgIpc) is 2.86. The molecule has 0 aliphatic rings. The van der Waals surface area contributed by atoms with Crippen molar-refractivity contribution in [3.05, 3.63) is 55.1 Å². The zero-order valence-electron chi connectivity index (χ0n) is 10.0. The number of halogens is 4. The highest BCUT2D eigenvalue weighted by atomic mass is 79.9. The monoisotopic (exact) mass is 394 g/mol. The van der Waals surface area contributed by atoms with Gasteiger partial charge in [0.2, 0.25) is 0 Å². The number of amides is 2. The van der Waals surface area contributed by atoms with Crippen LogP contribution in [0.1, 0.15) is 20.0 Å². The number of hydrogen-bond donors (Lipinski definition) is 2. The fourth-order valence-electron chi connectivity index (χ4n) is 1.38. The first-order valence-corrected chi connectivity index (χ1v) is 7.38. The highest BCUT2D eigenvalue weighted by Gasteiger charge is 2.16. The summed E-state index contributed by atoms with van der Waals surface area (Å²) in [6, 6.07) is 4.57.